The quantitative estimate of drug-likeness (QED) is 0.797. The number of hydrogen-bond acceptors (Lipinski definition) is 4. The highest BCUT2D eigenvalue weighted by atomic mass is 16.4. The van der Waals surface area contributed by atoms with E-state index in [9.17, 15) is 14.7 Å². The fourth-order valence-electron chi connectivity index (χ4n) is 2.24. The Bertz CT molecular complexity index is 485. The van der Waals surface area contributed by atoms with Crippen LogP contribution in [0.25, 0.3) is 0 Å². The van der Waals surface area contributed by atoms with Gasteiger partial charge in [0.15, 0.2) is 5.82 Å². The van der Waals surface area contributed by atoms with Crippen LogP contribution < -0.4 is 10.5 Å². The molecule has 1 saturated heterocycles. The van der Waals surface area contributed by atoms with Gasteiger partial charge in [0.25, 0.3) is 5.56 Å². The second kappa shape index (κ2) is 4.20. The molecule has 1 aliphatic heterocycles. The zero-order valence-electron chi connectivity index (χ0n) is 9.64. The Balaban J connectivity index is 2.26. The van der Waals surface area contributed by atoms with Gasteiger partial charge in [-0.15, -0.1) is 0 Å². The maximum atomic E-state index is 11.6. The van der Waals surface area contributed by atoms with E-state index in [-0.39, 0.29) is 5.56 Å². The summed E-state index contributed by atoms with van der Waals surface area (Å²) in [7, 11) is 0. The maximum absolute atomic E-state index is 11.6. The largest absolute Gasteiger partial charge is 0.481 e. The topological polar surface area (TPSA) is 86.3 Å². The lowest BCUT2D eigenvalue weighted by molar-refractivity contribution is -0.147. The highest BCUT2D eigenvalue weighted by Crippen LogP contribution is 2.35. The number of carbonyl (C=O) groups is 1. The second-order valence-electron chi connectivity index (χ2n) is 4.35. The van der Waals surface area contributed by atoms with Crippen LogP contribution in [0.2, 0.25) is 0 Å². The normalized spacial score (nSPS) is 23.9. The molecule has 0 bridgehead atoms. The van der Waals surface area contributed by atoms with E-state index < -0.39 is 11.4 Å². The van der Waals surface area contributed by atoms with E-state index >= 15 is 0 Å². The lowest BCUT2D eigenvalue weighted by Crippen LogP contribution is -2.36. The van der Waals surface area contributed by atoms with Crippen molar-refractivity contribution in [1.29, 1.82) is 0 Å². The van der Waals surface area contributed by atoms with Crippen LogP contribution in [0.1, 0.15) is 19.8 Å². The molecule has 1 fully saturated rings. The number of aliphatic carboxylic acids is 1. The fraction of sp³-hybridized carbons (Fsp3) is 0.545. The molecule has 1 atom stereocenters. The Kier molecular flexibility index (Phi) is 2.87. The summed E-state index contributed by atoms with van der Waals surface area (Å²) in [5.41, 5.74) is -1.02. The molecule has 2 N–H and O–H groups in total. The Morgan fingerprint density at radius 3 is 3.00 bits per heavy atom. The second-order valence-corrected chi connectivity index (χ2v) is 4.35. The number of anilines is 1. The van der Waals surface area contributed by atoms with Crippen molar-refractivity contribution < 1.29 is 9.90 Å². The first-order valence-corrected chi connectivity index (χ1v) is 5.61. The van der Waals surface area contributed by atoms with E-state index in [4.69, 9.17) is 0 Å². The predicted octanol–water partition coefficient (Wildman–Crippen LogP) is 0.461. The van der Waals surface area contributed by atoms with Gasteiger partial charge < -0.3 is 15.0 Å². The minimum Gasteiger partial charge on any atom is -0.481 e. The molecule has 6 heteroatoms. The van der Waals surface area contributed by atoms with Crippen LogP contribution >= 0.6 is 0 Å². The van der Waals surface area contributed by atoms with Crippen molar-refractivity contribution in [2.45, 2.75) is 19.8 Å². The van der Waals surface area contributed by atoms with Crippen LogP contribution in [0.15, 0.2) is 17.2 Å². The van der Waals surface area contributed by atoms with Gasteiger partial charge in [-0.1, -0.05) is 6.92 Å². The number of H-pyrrole nitrogens is 1. The summed E-state index contributed by atoms with van der Waals surface area (Å²) >= 11 is 0. The van der Waals surface area contributed by atoms with E-state index in [0.29, 0.717) is 31.7 Å². The number of rotatable bonds is 3. The summed E-state index contributed by atoms with van der Waals surface area (Å²) in [4.78, 5) is 31.2. The maximum Gasteiger partial charge on any atom is 0.311 e. The minimum atomic E-state index is -0.796. The van der Waals surface area contributed by atoms with Gasteiger partial charge in [-0.2, -0.15) is 0 Å². The van der Waals surface area contributed by atoms with Crippen molar-refractivity contribution in [2.24, 2.45) is 5.41 Å². The van der Waals surface area contributed by atoms with Crippen molar-refractivity contribution >= 4 is 11.8 Å². The lowest BCUT2D eigenvalue weighted by Gasteiger charge is -2.22. The highest BCUT2D eigenvalue weighted by Gasteiger charge is 2.44. The first-order chi connectivity index (χ1) is 8.09. The van der Waals surface area contributed by atoms with Crippen molar-refractivity contribution in [3.8, 4) is 0 Å². The molecular formula is C11H15N3O3. The van der Waals surface area contributed by atoms with Gasteiger partial charge in [0.1, 0.15) is 0 Å². The first-order valence-electron chi connectivity index (χ1n) is 5.61. The number of carboxylic acid groups (broad SMARTS) is 1. The first kappa shape index (κ1) is 11.6. The predicted molar refractivity (Wildman–Crippen MR) is 62.0 cm³/mol. The summed E-state index contributed by atoms with van der Waals surface area (Å²) in [6.07, 6.45) is 4.08. The zero-order chi connectivity index (χ0) is 12.5. The SMILES string of the molecule is CCC1(C(=O)O)CCN(c2ncc[nH]c2=O)C1. The van der Waals surface area contributed by atoms with Gasteiger partial charge in [0.2, 0.25) is 0 Å². The third kappa shape index (κ3) is 1.90. The van der Waals surface area contributed by atoms with E-state index in [1.807, 2.05) is 6.92 Å². The molecule has 0 radical (unpaired) electrons. The van der Waals surface area contributed by atoms with E-state index in [1.165, 1.54) is 12.4 Å². The fourth-order valence-corrected chi connectivity index (χ4v) is 2.24. The van der Waals surface area contributed by atoms with Gasteiger partial charge in [-0.3, -0.25) is 9.59 Å². The van der Waals surface area contributed by atoms with Crippen molar-refractivity contribution in [3.05, 3.63) is 22.7 Å². The standard InChI is InChI=1S/C11H15N3O3/c1-2-11(10(16)17)3-6-14(7-11)8-9(15)13-5-4-12-8/h4-5H,2-3,6-7H2,1H3,(H,13,15)(H,16,17). The van der Waals surface area contributed by atoms with Crippen LogP contribution in [0.3, 0.4) is 0 Å². The molecule has 0 spiro atoms. The number of carboxylic acids is 1. The molecule has 1 unspecified atom stereocenters. The van der Waals surface area contributed by atoms with Crippen molar-refractivity contribution in [3.63, 3.8) is 0 Å². The molecule has 92 valence electrons. The summed E-state index contributed by atoms with van der Waals surface area (Å²) < 4.78 is 0. The number of hydrogen-bond donors (Lipinski definition) is 2. The number of nitrogens with zero attached hydrogens (tertiary/aromatic N) is 2. The summed E-state index contributed by atoms with van der Waals surface area (Å²) in [6.45, 7) is 2.76. The van der Waals surface area contributed by atoms with Gasteiger partial charge in [0, 0.05) is 25.5 Å². The highest BCUT2D eigenvalue weighted by molar-refractivity contribution is 5.76. The Morgan fingerprint density at radius 2 is 2.47 bits per heavy atom. The van der Waals surface area contributed by atoms with Gasteiger partial charge in [-0.05, 0) is 12.8 Å². The average Bonchev–Trinajstić information content (AvgIpc) is 2.75. The van der Waals surface area contributed by atoms with Crippen LogP contribution in [0.5, 0.6) is 0 Å². The van der Waals surface area contributed by atoms with E-state index in [0.717, 1.165) is 0 Å². The molecule has 2 heterocycles. The smallest absolute Gasteiger partial charge is 0.311 e. The summed E-state index contributed by atoms with van der Waals surface area (Å²) in [6, 6.07) is 0. The van der Waals surface area contributed by atoms with E-state index in [1.54, 1.807) is 4.90 Å². The summed E-state index contributed by atoms with van der Waals surface area (Å²) in [5.74, 6) is -0.487. The molecule has 0 aromatic carbocycles. The molecular weight excluding hydrogens is 222 g/mol. The number of aromatic nitrogens is 2. The van der Waals surface area contributed by atoms with Crippen LogP contribution in [0.4, 0.5) is 5.82 Å². The van der Waals surface area contributed by atoms with Crippen LogP contribution in [0, 0.1) is 5.41 Å². The Morgan fingerprint density at radius 1 is 1.71 bits per heavy atom. The molecule has 0 amide bonds. The van der Waals surface area contributed by atoms with Crippen molar-refractivity contribution in [1.82, 2.24) is 9.97 Å². The molecule has 0 aliphatic carbocycles. The molecule has 2 rings (SSSR count). The van der Waals surface area contributed by atoms with Crippen molar-refractivity contribution in [2.75, 3.05) is 18.0 Å². The third-order valence-electron chi connectivity index (χ3n) is 3.47. The van der Waals surface area contributed by atoms with Gasteiger partial charge in [-0.25, -0.2) is 4.98 Å². The molecule has 0 saturated carbocycles. The molecule has 6 nitrogen and oxygen atoms in total. The minimum absolute atomic E-state index is 0.273. The van der Waals surface area contributed by atoms with E-state index in [2.05, 4.69) is 9.97 Å². The molecule has 17 heavy (non-hydrogen) atoms. The summed E-state index contributed by atoms with van der Waals surface area (Å²) in [5, 5.41) is 9.26. The van der Waals surface area contributed by atoms with Gasteiger partial charge in [0.05, 0.1) is 5.41 Å². The third-order valence-corrected chi connectivity index (χ3v) is 3.47. The van der Waals surface area contributed by atoms with Gasteiger partial charge >= 0.3 is 5.97 Å². The Labute approximate surface area is 98.3 Å². The average molecular weight is 237 g/mol. The molecule has 1 aliphatic rings. The van der Waals surface area contributed by atoms with Crippen LogP contribution in [-0.2, 0) is 4.79 Å². The number of nitrogens with one attached hydrogen (secondary N) is 1. The Hall–Kier alpha value is -1.85. The monoisotopic (exact) mass is 237 g/mol. The lowest BCUT2D eigenvalue weighted by atomic mass is 9.84. The zero-order valence-corrected chi connectivity index (χ0v) is 9.64. The molecule has 1 aromatic rings. The number of aromatic amines is 1. The molecule has 1 aromatic heterocycles. The van der Waals surface area contributed by atoms with Crippen LogP contribution in [-0.4, -0.2) is 34.1 Å².